The van der Waals surface area contributed by atoms with E-state index in [2.05, 4.69) is 5.43 Å². The average Bonchev–Trinajstić information content (AvgIpc) is 2.49. The lowest BCUT2D eigenvalue weighted by Crippen LogP contribution is -2.67. The van der Waals surface area contributed by atoms with E-state index in [1.807, 2.05) is 0 Å². The molecule has 0 bridgehead atoms. The van der Waals surface area contributed by atoms with Crippen LogP contribution in [0.2, 0.25) is 0 Å². The molecule has 138 valence electrons. The number of aliphatic carboxylic acids is 1. The first-order valence-electron chi connectivity index (χ1n) is 6.97. The van der Waals surface area contributed by atoms with Gasteiger partial charge in [-0.05, 0) is 0 Å². The fourth-order valence-corrected chi connectivity index (χ4v) is 2.23. The van der Waals surface area contributed by atoms with E-state index in [-0.39, 0.29) is 0 Å². The van der Waals surface area contributed by atoms with Crippen LogP contribution in [0.1, 0.15) is 13.3 Å². The molecular formula is C12H21N3O9. The summed E-state index contributed by atoms with van der Waals surface area (Å²) in [6, 6.07) is -1.69. The normalized spacial score (nSPS) is 31.3. The van der Waals surface area contributed by atoms with Crippen LogP contribution in [-0.2, 0) is 19.1 Å². The summed E-state index contributed by atoms with van der Waals surface area (Å²) in [5, 5.41) is 48.0. The molecule has 12 nitrogen and oxygen atoms in total. The van der Waals surface area contributed by atoms with Crippen LogP contribution in [0.5, 0.6) is 0 Å². The van der Waals surface area contributed by atoms with Gasteiger partial charge in [0.05, 0.1) is 13.0 Å². The van der Waals surface area contributed by atoms with Crippen molar-refractivity contribution in [3.8, 4) is 0 Å². The topological polar surface area (TPSA) is 203 Å². The number of aliphatic hydroxyl groups excluding tert-OH is 4. The Morgan fingerprint density at radius 2 is 1.79 bits per heavy atom. The van der Waals surface area contributed by atoms with Crippen molar-refractivity contribution in [1.29, 1.82) is 0 Å². The van der Waals surface area contributed by atoms with Gasteiger partial charge in [0.1, 0.15) is 24.4 Å². The molecular weight excluding hydrogens is 330 g/mol. The lowest BCUT2D eigenvalue weighted by molar-refractivity contribution is -0.248. The molecule has 1 aliphatic heterocycles. The number of amides is 2. The van der Waals surface area contributed by atoms with Gasteiger partial charge in [-0.3, -0.25) is 14.6 Å². The minimum Gasteiger partial charge on any atom is -0.480 e. The Morgan fingerprint density at radius 1 is 1.21 bits per heavy atom. The molecule has 24 heavy (non-hydrogen) atoms. The first-order chi connectivity index (χ1) is 11.1. The molecule has 1 heterocycles. The SMILES string of the molecule is CC(=O)N(NC1O[C@@H](CO)[C@H](O)[C@@H](O)[C@@H]1O)C(CC(N)=O)C(=O)O. The molecule has 0 saturated carbocycles. The van der Waals surface area contributed by atoms with Gasteiger partial charge in [0.15, 0.2) is 12.3 Å². The number of rotatable bonds is 7. The monoisotopic (exact) mass is 351 g/mol. The summed E-state index contributed by atoms with van der Waals surface area (Å²) in [4.78, 5) is 34.0. The zero-order valence-corrected chi connectivity index (χ0v) is 12.8. The van der Waals surface area contributed by atoms with E-state index in [0.29, 0.717) is 5.01 Å². The maximum absolute atomic E-state index is 11.7. The molecule has 0 radical (unpaired) electrons. The van der Waals surface area contributed by atoms with Crippen LogP contribution in [0.3, 0.4) is 0 Å². The van der Waals surface area contributed by atoms with Crippen molar-refractivity contribution < 1.29 is 44.7 Å². The molecule has 2 amide bonds. The predicted octanol–water partition coefficient (Wildman–Crippen LogP) is -4.53. The van der Waals surface area contributed by atoms with Crippen molar-refractivity contribution in [2.75, 3.05) is 6.61 Å². The summed E-state index contributed by atoms with van der Waals surface area (Å²) in [5.41, 5.74) is 7.21. The van der Waals surface area contributed by atoms with E-state index in [4.69, 9.17) is 20.7 Å². The third kappa shape index (κ3) is 4.59. The van der Waals surface area contributed by atoms with Crippen molar-refractivity contribution in [1.82, 2.24) is 10.4 Å². The van der Waals surface area contributed by atoms with Gasteiger partial charge in [-0.25, -0.2) is 10.2 Å². The summed E-state index contributed by atoms with van der Waals surface area (Å²) in [7, 11) is 0. The number of hydrogen-bond donors (Lipinski definition) is 7. The van der Waals surface area contributed by atoms with Gasteiger partial charge in [-0.1, -0.05) is 0 Å². The molecule has 12 heteroatoms. The van der Waals surface area contributed by atoms with Gasteiger partial charge in [0.25, 0.3) is 0 Å². The molecule has 0 aromatic heterocycles. The number of ether oxygens (including phenoxy) is 1. The highest BCUT2D eigenvalue weighted by Crippen LogP contribution is 2.20. The number of hydrazine groups is 1. The van der Waals surface area contributed by atoms with Crippen LogP contribution < -0.4 is 11.2 Å². The maximum Gasteiger partial charge on any atom is 0.328 e. The van der Waals surface area contributed by atoms with Crippen molar-refractivity contribution in [3.63, 3.8) is 0 Å². The number of nitrogens with two attached hydrogens (primary N) is 1. The Labute approximate surface area is 136 Å². The molecule has 0 spiro atoms. The maximum atomic E-state index is 11.7. The Kier molecular flexibility index (Phi) is 7.01. The molecule has 0 aliphatic carbocycles. The molecule has 0 aromatic rings. The van der Waals surface area contributed by atoms with Gasteiger partial charge >= 0.3 is 5.97 Å². The number of hydrogen-bond acceptors (Lipinski definition) is 9. The number of aliphatic hydroxyl groups is 4. The second-order valence-corrected chi connectivity index (χ2v) is 5.29. The zero-order chi connectivity index (χ0) is 18.6. The Morgan fingerprint density at radius 3 is 2.21 bits per heavy atom. The standard InChI is InChI=1S/C12H21N3O9/c1-4(17)15(5(12(22)23)2-7(13)18)14-11-10(21)9(20)8(19)6(3-16)24-11/h5-6,8-11,14,16,19-21H,2-3H2,1H3,(H2,13,18)(H,22,23)/t5?,6-,8-,9+,10-,11?/m0/s1. The second kappa shape index (κ2) is 8.32. The predicted molar refractivity (Wildman–Crippen MR) is 74.7 cm³/mol. The summed E-state index contributed by atoms with van der Waals surface area (Å²) in [6.07, 6.45) is -8.57. The van der Waals surface area contributed by atoms with E-state index >= 15 is 0 Å². The third-order valence-corrected chi connectivity index (χ3v) is 3.49. The van der Waals surface area contributed by atoms with Gasteiger partial charge in [-0.15, -0.1) is 0 Å². The van der Waals surface area contributed by atoms with Crippen molar-refractivity contribution in [2.24, 2.45) is 5.73 Å². The smallest absolute Gasteiger partial charge is 0.328 e. The quantitative estimate of drug-likeness (QED) is 0.219. The summed E-state index contributed by atoms with van der Waals surface area (Å²) in [5.74, 6) is -3.36. The summed E-state index contributed by atoms with van der Waals surface area (Å²) in [6.45, 7) is 0.292. The van der Waals surface area contributed by atoms with E-state index in [1.165, 1.54) is 0 Å². The molecule has 1 fully saturated rings. The highest BCUT2D eigenvalue weighted by atomic mass is 16.6. The van der Waals surface area contributed by atoms with Crippen LogP contribution in [0.4, 0.5) is 0 Å². The lowest BCUT2D eigenvalue weighted by Gasteiger charge is -2.42. The van der Waals surface area contributed by atoms with Crippen molar-refractivity contribution in [2.45, 2.75) is 50.0 Å². The highest BCUT2D eigenvalue weighted by Gasteiger charge is 2.45. The van der Waals surface area contributed by atoms with E-state index in [0.717, 1.165) is 6.92 Å². The Balaban J connectivity index is 2.99. The minimum atomic E-state index is -1.74. The number of primary amides is 1. The Hall–Kier alpha value is -1.83. The number of carboxylic acid groups (broad SMARTS) is 1. The fraction of sp³-hybridized carbons (Fsp3) is 0.750. The second-order valence-electron chi connectivity index (χ2n) is 5.29. The Bertz CT molecular complexity index is 486. The largest absolute Gasteiger partial charge is 0.480 e. The van der Waals surface area contributed by atoms with Crippen LogP contribution in [0.25, 0.3) is 0 Å². The molecule has 2 unspecified atom stereocenters. The number of carbonyl (C=O) groups is 3. The average molecular weight is 351 g/mol. The van der Waals surface area contributed by atoms with Crippen molar-refractivity contribution >= 4 is 17.8 Å². The van der Waals surface area contributed by atoms with E-state index < -0.39 is 67.5 Å². The first kappa shape index (κ1) is 20.2. The summed E-state index contributed by atoms with van der Waals surface area (Å²) >= 11 is 0. The van der Waals surface area contributed by atoms with Gasteiger partial charge in [0.2, 0.25) is 11.8 Å². The molecule has 8 N–H and O–H groups in total. The molecule has 0 aromatic carbocycles. The lowest BCUT2D eigenvalue weighted by atomic mass is 9.98. The molecule has 6 atom stereocenters. The van der Waals surface area contributed by atoms with Crippen LogP contribution >= 0.6 is 0 Å². The van der Waals surface area contributed by atoms with Gasteiger partial charge in [0, 0.05) is 6.92 Å². The number of nitrogens with one attached hydrogen (secondary N) is 1. The third-order valence-electron chi connectivity index (χ3n) is 3.49. The van der Waals surface area contributed by atoms with Crippen LogP contribution in [0.15, 0.2) is 0 Å². The number of nitrogens with zero attached hydrogens (tertiary/aromatic N) is 1. The first-order valence-corrected chi connectivity index (χ1v) is 6.97. The van der Waals surface area contributed by atoms with Crippen LogP contribution in [0, 0.1) is 0 Å². The van der Waals surface area contributed by atoms with Gasteiger partial charge in [-0.2, -0.15) is 0 Å². The minimum absolute atomic E-state index is 0.514. The molecule has 1 rings (SSSR count). The zero-order valence-electron chi connectivity index (χ0n) is 12.8. The van der Waals surface area contributed by atoms with E-state index in [9.17, 15) is 29.7 Å². The highest BCUT2D eigenvalue weighted by molar-refractivity contribution is 5.87. The fourth-order valence-electron chi connectivity index (χ4n) is 2.23. The number of carboxylic acids is 1. The van der Waals surface area contributed by atoms with Crippen LogP contribution in [-0.4, -0.2) is 91.6 Å². The molecule has 1 aliphatic rings. The van der Waals surface area contributed by atoms with Crippen molar-refractivity contribution in [3.05, 3.63) is 0 Å². The molecule has 1 saturated heterocycles. The van der Waals surface area contributed by atoms with Gasteiger partial charge < -0.3 is 36.0 Å². The number of carbonyl (C=O) groups excluding carboxylic acids is 2. The van der Waals surface area contributed by atoms with E-state index in [1.54, 1.807) is 0 Å². The summed E-state index contributed by atoms with van der Waals surface area (Å²) < 4.78 is 5.12.